The van der Waals surface area contributed by atoms with Crippen LogP contribution in [0.1, 0.15) is 13.8 Å². The monoisotopic (exact) mass is 347 g/mol. The minimum atomic E-state index is -0.585. The first-order valence-electron chi connectivity index (χ1n) is 7.88. The van der Waals surface area contributed by atoms with Gasteiger partial charge in [0.2, 0.25) is 0 Å². The normalized spacial score (nSPS) is 12.8. The van der Waals surface area contributed by atoms with Crippen molar-refractivity contribution < 1.29 is 9.84 Å². The predicted molar refractivity (Wildman–Crippen MR) is 94.2 cm³/mol. The molecule has 1 unspecified atom stereocenters. The highest BCUT2D eigenvalue weighted by molar-refractivity contribution is 7.08. The molecule has 0 aliphatic carbocycles. The van der Waals surface area contributed by atoms with E-state index < -0.39 is 6.10 Å². The van der Waals surface area contributed by atoms with Crippen LogP contribution in [0.25, 0.3) is 17.0 Å². The van der Waals surface area contributed by atoms with Crippen LogP contribution in [-0.2, 0) is 4.74 Å². The number of aliphatic hydroxyl groups is 1. The molecule has 3 aromatic rings. The van der Waals surface area contributed by atoms with Crippen molar-refractivity contribution in [1.82, 2.24) is 19.8 Å². The summed E-state index contributed by atoms with van der Waals surface area (Å²) in [6, 6.07) is 5.65. The van der Waals surface area contributed by atoms with Gasteiger partial charge < -0.3 is 15.2 Å². The zero-order valence-electron chi connectivity index (χ0n) is 13.7. The van der Waals surface area contributed by atoms with E-state index in [2.05, 4.69) is 34.5 Å². The minimum Gasteiger partial charge on any atom is -0.389 e. The number of hydrogen-bond acceptors (Lipinski definition) is 7. The highest BCUT2D eigenvalue weighted by Crippen LogP contribution is 2.20. The van der Waals surface area contributed by atoms with Gasteiger partial charge in [-0.25, -0.2) is 0 Å². The van der Waals surface area contributed by atoms with Gasteiger partial charge in [0.25, 0.3) is 0 Å². The number of aromatic nitrogens is 4. The molecule has 3 rings (SSSR count). The third-order valence-electron chi connectivity index (χ3n) is 3.32. The summed E-state index contributed by atoms with van der Waals surface area (Å²) in [5, 5.41) is 29.9. The Morgan fingerprint density at radius 3 is 2.88 bits per heavy atom. The first kappa shape index (κ1) is 16.8. The Balaban J connectivity index is 1.64. The minimum absolute atomic E-state index is 0.306. The van der Waals surface area contributed by atoms with Gasteiger partial charge in [-0.05, 0) is 29.5 Å². The summed E-state index contributed by atoms with van der Waals surface area (Å²) >= 11 is 1.60. The fourth-order valence-electron chi connectivity index (χ4n) is 2.18. The lowest BCUT2D eigenvalue weighted by atomic mass is 10.2. The average Bonchev–Trinajstić information content (AvgIpc) is 3.21. The van der Waals surface area contributed by atoms with E-state index in [1.807, 2.05) is 29.0 Å². The number of aliphatic hydroxyl groups excluding tert-OH is 1. The second-order valence-corrected chi connectivity index (χ2v) is 6.77. The van der Waals surface area contributed by atoms with Gasteiger partial charge in [0, 0.05) is 24.1 Å². The SMILES string of the molecule is CC(C)COCC(O)CNc1ccc2nnc(-c3ccsc3)n2n1. The topological polar surface area (TPSA) is 84.6 Å². The highest BCUT2D eigenvalue weighted by atomic mass is 32.1. The molecule has 0 aliphatic rings. The number of nitrogens with zero attached hydrogens (tertiary/aromatic N) is 4. The van der Waals surface area contributed by atoms with Gasteiger partial charge in [-0.2, -0.15) is 15.9 Å². The molecule has 2 N–H and O–H groups in total. The fraction of sp³-hybridized carbons (Fsp3) is 0.438. The van der Waals surface area contributed by atoms with Crippen LogP contribution >= 0.6 is 11.3 Å². The van der Waals surface area contributed by atoms with Crippen molar-refractivity contribution >= 4 is 22.8 Å². The zero-order chi connectivity index (χ0) is 16.9. The summed E-state index contributed by atoms with van der Waals surface area (Å²) in [4.78, 5) is 0. The predicted octanol–water partition coefficient (Wildman–Crippen LogP) is 2.30. The Morgan fingerprint density at radius 2 is 2.12 bits per heavy atom. The lowest BCUT2D eigenvalue weighted by Crippen LogP contribution is -2.26. The van der Waals surface area contributed by atoms with Gasteiger partial charge in [0.05, 0.1) is 12.7 Å². The van der Waals surface area contributed by atoms with E-state index in [-0.39, 0.29) is 0 Å². The van der Waals surface area contributed by atoms with Crippen LogP contribution in [0.2, 0.25) is 0 Å². The highest BCUT2D eigenvalue weighted by Gasteiger charge is 2.11. The van der Waals surface area contributed by atoms with Crippen molar-refractivity contribution in [3.63, 3.8) is 0 Å². The van der Waals surface area contributed by atoms with Gasteiger partial charge in [0.1, 0.15) is 5.82 Å². The number of anilines is 1. The molecule has 3 heterocycles. The maximum absolute atomic E-state index is 9.96. The van der Waals surface area contributed by atoms with Crippen LogP contribution in [0.5, 0.6) is 0 Å². The molecule has 1 atom stereocenters. The summed E-state index contributed by atoms with van der Waals surface area (Å²) in [5.74, 6) is 1.82. The van der Waals surface area contributed by atoms with Crippen molar-refractivity contribution in [2.24, 2.45) is 5.92 Å². The van der Waals surface area contributed by atoms with Crippen molar-refractivity contribution in [3.8, 4) is 11.4 Å². The molecule has 0 bridgehead atoms. The van der Waals surface area contributed by atoms with E-state index in [0.29, 0.717) is 43.0 Å². The van der Waals surface area contributed by atoms with E-state index in [0.717, 1.165) is 5.56 Å². The van der Waals surface area contributed by atoms with E-state index in [4.69, 9.17) is 4.74 Å². The molecule has 0 saturated heterocycles. The molecular weight excluding hydrogens is 326 g/mol. The van der Waals surface area contributed by atoms with Crippen LogP contribution in [0, 0.1) is 5.92 Å². The van der Waals surface area contributed by atoms with Gasteiger partial charge >= 0.3 is 0 Å². The number of thiophene rings is 1. The molecule has 0 spiro atoms. The molecule has 128 valence electrons. The number of rotatable bonds is 8. The van der Waals surface area contributed by atoms with E-state index in [9.17, 15) is 5.11 Å². The van der Waals surface area contributed by atoms with Crippen LogP contribution in [0.15, 0.2) is 29.0 Å². The van der Waals surface area contributed by atoms with E-state index >= 15 is 0 Å². The summed E-state index contributed by atoms with van der Waals surface area (Å²) in [5.41, 5.74) is 1.67. The molecule has 0 saturated carbocycles. The molecule has 0 radical (unpaired) electrons. The van der Waals surface area contributed by atoms with Crippen molar-refractivity contribution in [1.29, 1.82) is 0 Å². The quantitative estimate of drug-likeness (QED) is 0.650. The van der Waals surface area contributed by atoms with Crippen LogP contribution in [-0.4, -0.2) is 50.8 Å². The number of fused-ring (bicyclic) bond motifs is 1. The molecule has 8 heteroatoms. The van der Waals surface area contributed by atoms with Gasteiger partial charge in [0.15, 0.2) is 11.5 Å². The lowest BCUT2D eigenvalue weighted by Gasteiger charge is -2.13. The third kappa shape index (κ3) is 4.08. The maximum atomic E-state index is 9.96. The first-order valence-corrected chi connectivity index (χ1v) is 8.82. The Morgan fingerprint density at radius 1 is 1.25 bits per heavy atom. The molecule has 0 aromatic carbocycles. The number of nitrogens with one attached hydrogen (secondary N) is 1. The van der Waals surface area contributed by atoms with Crippen LogP contribution < -0.4 is 5.32 Å². The molecule has 0 fully saturated rings. The molecule has 0 aliphatic heterocycles. The Labute approximate surface area is 144 Å². The van der Waals surface area contributed by atoms with E-state index in [1.54, 1.807) is 15.9 Å². The number of hydrogen-bond donors (Lipinski definition) is 2. The Kier molecular flexibility index (Phi) is 5.39. The maximum Gasteiger partial charge on any atom is 0.186 e. The van der Waals surface area contributed by atoms with Crippen molar-refractivity contribution in [3.05, 3.63) is 29.0 Å². The summed E-state index contributed by atoms with van der Waals surface area (Å²) in [7, 11) is 0. The first-order chi connectivity index (χ1) is 11.6. The summed E-state index contributed by atoms with van der Waals surface area (Å²) < 4.78 is 7.14. The average molecular weight is 347 g/mol. The summed E-state index contributed by atoms with van der Waals surface area (Å²) in [6.45, 7) is 5.47. The number of ether oxygens (including phenoxy) is 1. The lowest BCUT2D eigenvalue weighted by molar-refractivity contribution is 0.0317. The fourth-order valence-corrected chi connectivity index (χ4v) is 2.81. The van der Waals surface area contributed by atoms with Gasteiger partial charge in [-0.1, -0.05) is 13.8 Å². The van der Waals surface area contributed by atoms with E-state index in [1.165, 1.54) is 0 Å². The molecule has 0 amide bonds. The van der Waals surface area contributed by atoms with Gasteiger partial charge in [-0.3, -0.25) is 0 Å². The molecule has 3 aromatic heterocycles. The van der Waals surface area contributed by atoms with Crippen molar-refractivity contribution in [2.75, 3.05) is 25.1 Å². The standard InChI is InChI=1S/C16H21N5O2S/c1-11(2)8-23-9-13(22)7-17-14-3-4-15-18-19-16(21(15)20-14)12-5-6-24-10-12/h3-6,10-11,13,22H,7-9H2,1-2H3,(H,17,20). The van der Waals surface area contributed by atoms with Crippen LogP contribution in [0.4, 0.5) is 5.82 Å². The third-order valence-corrected chi connectivity index (χ3v) is 4.01. The largest absolute Gasteiger partial charge is 0.389 e. The second-order valence-electron chi connectivity index (χ2n) is 5.99. The molecule has 7 nitrogen and oxygen atoms in total. The van der Waals surface area contributed by atoms with Crippen LogP contribution in [0.3, 0.4) is 0 Å². The van der Waals surface area contributed by atoms with Crippen molar-refractivity contribution in [2.45, 2.75) is 20.0 Å². The Bertz CT molecular complexity index is 772. The van der Waals surface area contributed by atoms with Gasteiger partial charge in [-0.15, -0.1) is 15.3 Å². The Hall–Kier alpha value is -2.03. The molecular formula is C16H21N5O2S. The second kappa shape index (κ2) is 7.69. The summed E-state index contributed by atoms with van der Waals surface area (Å²) in [6.07, 6.45) is -0.585. The zero-order valence-corrected chi connectivity index (χ0v) is 14.5. The smallest absolute Gasteiger partial charge is 0.186 e. The molecule has 24 heavy (non-hydrogen) atoms.